The molecule has 0 radical (unpaired) electrons. The van der Waals surface area contributed by atoms with Crippen molar-refractivity contribution in [3.05, 3.63) is 34.9 Å². The first kappa shape index (κ1) is 13.2. The van der Waals surface area contributed by atoms with Gasteiger partial charge in [-0.25, -0.2) is 0 Å². The van der Waals surface area contributed by atoms with E-state index in [9.17, 15) is 5.11 Å². The van der Waals surface area contributed by atoms with E-state index in [1.807, 2.05) is 18.2 Å². The van der Waals surface area contributed by atoms with E-state index in [4.69, 9.17) is 11.6 Å². The second-order valence-electron chi connectivity index (χ2n) is 7.41. The normalized spacial score (nSPS) is 40.0. The van der Waals surface area contributed by atoms with Crippen molar-refractivity contribution in [3.63, 3.8) is 0 Å². The Labute approximate surface area is 126 Å². The van der Waals surface area contributed by atoms with Gasteiger partial charge in [0, 0.05) is 5.02 Å². The lowest BCUT2D eigenvalue weighted by Crippen LogP contribution is -2.49. The van der Waals surface area contributed by atoms with E-state index in [0.717, 1.165) is 35.1 Å². The molecule has 108 valence electrons. The average molecular weight is 291 g/mol. The molecule has 4 aliphatic carbocycles. The SMILES string of the molecule is OC(Cc1cccc(Cl)c1)C1C2CC3CC(C2)CC1C3. The van der Waals surface area contributed by atoms with Gasteiger partial charge in [0.2, 0.25) is 0 Å². The monoisotopic (exact) mass is 290 g/mol. The Bertz CT molecular complexity index is 470. The molecule has 4 bridgehead atoms. The molecule has 1 atom stereocenters. The van der Waals surface area contributed by atoms with Gasteiger partial charge in [-0.3, -0.25) is 0 Å². The van der Waals surface area contributed by atoms with Crippen molar-refractivity contribution < 1.29 is 5.11 Å². The highest BCUT2D eigenvalue weighted by Gasteiger charge is 2.50. The molecule has 2 heteroatoms. The quantitative estimate of drug-likeness (QED) is 0.879. The summed E-state index contributed by atoms with van der Waals surface area (Å²) >= 11 is 6.05. The maximum Gasteiger partial charge on any atom is 0.0614 e. The van der Waals surface area contributed by atoms with Gasteiger partial charge in [-0.2, -0.15) is 0 Å². The van der Waals surface area contributed by atoms with Crippen molar-refractivity contribution in [1.82, 2.24) is 0 Å². The Morgan fingerprint density at radius 1 is 1.05 bits per heavy atom. The molecular weight excluding hydrogens is 268 g/mol. The number of hydrogen-bond donors (Lipinski definition) is 1. The highest BCUT2D eigenvalue weighted by Crippen LogP contribution is 2.57. The fourth-order valence-corrected chi connectivity index (χ4v) is 5.85. The third kappa shape index (κ3) is 2.29. The molecule has 0 heterocycles. The van der Waals surface area contributed by atoms with Gasteiger partial charge in [0.05, 0.1) is 6.10 Å². The molecule has 20 heavy (non-hydrogen) atoms. The summed E-state index contributed by atoms with van der Waals surface area (Å²) in [5.41, 5.74) is 1.18. The molecule has 0 saturated heterocycles. The second kappa shape index (κ2) is 5.03. The lowest BCUT2D eigenvalue weighted by atomic mass is 9.50. The van der Waals surface area contributed by atoms with Gasteiger partial charge in [-0.1, -0.05) is 23.7 Å². The minimum atomic E-state index is -0.177. The van der Waals surface area contributed by atoms with Crippen LogP contribution in [0.2, 0.25) is 5.02 Å². The number of halogens is 1. The van der Waals surface area contributed by atoms with Gasteiger partial charge in [0.15, 0.2) is 0 Å². The predicted molar refractivity (Wildman–Crippen MR) is 81.7 cm³/mol. The number of aliphatic hydroxyl groups excluding tert-OH is 1. The first-order chi connectivity index (χ1) is 9.69. The Balaban J connectivity index is 1.50. The average Bonchev–Trinajstić information content (AvgIpc) is 2.37. The van der Waals surface area contributed by atoms with Gasteiger partial charge in [-0.05, 0) is 85.8 Å². The molecule has 4 fully saturated rings. The molecule has 1 N–H and O–H groups in total. The largest absolute Gasteiger partial charge is 0.392 e. The summed E-state index contributed by atoms with van der Waals surface area (Å²) in [6, 6.07) is 7.98. The highest BCUT2D eigenvalue weighted by molar-refractivity contribution is 6.30. The molecule has 0 aliphatic heterocycles. The minimum absolute atomic E-state index is 0.177. The van der Waals surface area contributed by atoms with Crippen LogP contribution in [-0.4, -0.2) is 11.2 Å². The summed E-state index contributed by atoms with van der Waals surface area (Å²) in [6.45, 7) is 0. The fraction of sp³-hybridized carbons (Fsp3) is 0.667. The molecule has 4 saturated carbocycles. The van der Waals surface area contributed by atoms with Gasteiger partial charge >= 0.3 is 0 Å². The maximum absolute atomic E-state index is 10.8. The number of benzene rings is 1. The van der Waals surface area contributed by atoms with Crippen LogP contribution in [0.1, 0.15) is 37.7 Å². The van der Waals surface area contributed by atoms with Gasteiger partial charge in [0.1, 0.15) is 0 Å². The van der Waals surface area contributed by atoms with Crippen LogP contribution in [-0.2, 0) is 6.42 Å². The van der Waals surface area contributed by atoms with Crippen LogP contribution in [0, 0.1) is 29.6 Å². The first-order valence-corrected chi connectivity index (χ1v) is 8.49. The van der Waals surface area contributed by atoms with Gasteiger partial charge < -0.3 is 5.11 Å². The zero-order valence-corrected chi connectivity index (χ0v) is 12.6. The Morgan fingerprint density at radius 3 is 2.30 bits per heavy atom. The van der Waals surface area contributed by atoms with E-state index in [1.165, 1.54) is 37.7 Å². The number of rotatable bonds is 3. The van der Waals surface area contributed by atoms with Crippen LogP contribution in [0.25, 0.3) is 0 Å². The highest BCUT2D eigenvalue weighted by atomic mass is 35.5. The molecule has 0 aromatic heterocycles. The third-order valence-corrected chi connectivity index (χ3v) is 6.31. The van der Waals surface area contributed by atoms with Crippen molar-refractivity contribution in [2.75, 3.05) is 0 Å². The van der Waals surface area contributed by atoms with Crippen LogP contribution >= 0.6 is 11.6 Å². The van der Waals surface area contributed by atoms with Gasteiger partial charge in [-0.15, -0.1) is 0 Å². The number of hydrogen-bond acceptors (Lipinski definition) is 1. The summed E-state index contributed by atoms with van der Waals surface area (Å²) in [7, 11) is 0. The van der Waals surface area contributed by atoms with Crippen molar-refractivity contribution in [2.45, 2.75) is 44.6 Å². The number of aliphatic hydroxyl groups is 1. The molecule has 0 spiro atoms. The molecule has 1 aromatic carbocycles. The molecule has 4 aliphatic rings. The zero-order valence-electron chi connectivity index (χ0n) is 11.8. The van der Waals surface area contributed by atoms with E-state index >= 15 is 0 Å². The van der Waals surface area contributed by atoms with E-state index in [-0.39, 0.29) is 6.10 Å². The smallest absolute Gasteiger partial charge is 0.0614 e. The summed E-state index contributed by atoms with van der Waals surface area (Å²) in [6.07, 6.45) is 7.59. The topological polar surface area (TPSA) is 20.2 Å². The maximum atomic E-state index is 10.8. The van der Waals surface area contributed by atoms with Crippen molar-refractivity contribution in [2.24, 2.45) is 29.6 Å². The van der Waals surface area contributed by atoms with E-state index < -0.39 is 0 Å². The van der Waals surface area contributed by atoms with Crippen molar-refractivity contribution in [3.8, 4) is 0 Å². The lowest BCUT2D eigenvalue weighted by Gasteiger charge is -2.55. The van der Waals surface area contributed by atoms with Crippen LogP contribution in [0.15, 0.2) is 24.3 Å². The van der Waals surface area contributed by atoms with Crippen LogP contribution in [0.3, 0.4) is 0 Å². The molecule has 1 unspecified atom stereocenters. The Hall–Kier alpha value is -0.530. The molecular formula is C18H23ClO. The van der Waals surface area contributed by atoms with Crippen LogP contribution in [0.4, 0.5) is 0 Å². The molecule has 1 aromatic rings. The van der Waals surface area contributed by atoms with E-state index in [2.05, 4.69) is 6.07 Å². The van der Waals surface area contributed by atoms with E-state index in [0.29, 0.717) is 5.92 Å². The van der Waals surface area contributed by atoms with Crippen molar-refractivity contribution in [1.29, 1.82) is 0 Å². The molecule has 1 nitrogen and oxygen atoms in total. The summed E-state index contributed by atoms with van der Waals surface area (Å²) in [5.74, 6) is 4.09. The Morgan fingerprint density at radius 2 is 1.70 bits per heavy atom. The lowest BCUT2D eigenvalue weighted by molar-refractivity contribution is -0.0887. The van der Waals surface area contributed by atoms with E-state index in [1.54, 1.807) is 0 Å². The van der Waals surface area contributed by atoms with Crippen LogP contribution in [0.5, 0.6) is 0 Å². The second-order valence-corrected chi connectivity index (χ2v) is 7.85. The van der Waals surface area contributed by atoms with Crippen LogP contribution < -0.4 is 0 Å². The summed E-state index contributed by atoms with van der Waals surface area (Å²) in [4.78, 5) is 0. The minimum Gasteiger partial charge on any atom is -0.392 e. The fourth-order valence-electron chi connectivity index (χ4n) is 5.64. The standard InChI is InChI=1S/C18H23ClO/c19-16-3-1-2-11(9-16)10-17(20)18-14-5-12-4-13(7-14)8-15(18)6-12/h1-3,9,12-15,17-18,20H,4-8,10H2. The Kier molecular flexibility index (Phi) is 3.31. The third-order valence-electron chi connectivity index (χ3n) is 6.08. The first-order valence-electron chi connectivity index (χ1n) is 8.11. The molecule has 5 rings (SSSR count). The van der Waals surface area contributed by atoms with Crippen molar-refractivity contribution >= 4 is 11.6 Å². The summed E-state index contributed by atoms with van der Waals surface area (Å²) in [5, 5.41) is 11.6. The predicted octanol–water partition coefficient (Wildman–Crippen LogP) is 4.32. The summed E-state index contributed by atoms with van der Waals surface area (Å²) < 4.78 is 0. The van der Waals surface area contributed by atoms with Gasteiger partial charge in [0.25, 0.3) is 0 Å². The zero-order chi connectivity index (χ0) is 13.7. The molecule has 0 amide bonds.